The highest BCUT2D eigenvalue weighted by atomic mass is 19.4. The number of hydrogen-bond acceptors (Lipinski definition) is 2. The second kappa shape index (κ2) is 4.35. The molecule has 2 nitrogen and oxygen atoms in total. The summed E-state index contributed by atoms with van der Waals surface area (Å²) < 4.78 is 39.7. The molecule has 0 spiro atoms. The topological polar surface area (TPSA) is 29.5 Å². The summed E-state index contributed by atoms with van der Waals surface area (Å²) in [6.07, 6.45) is -3.53. The van der Waals surface area contributed by atoms with Gasteiger partial charge in [0.2, 0.25) is 0 Å². The fourth-order valence-corrected chi connectivity index (χ4v) is 1.17. The molecule has 82 valence electrons. The third kappa shape index (κ3) is 2.99. The van der Waals surface area contributed by atoms with Crippen molar-refractivity contribution in [3.05, 3.63) is 35.9 Å². The van der Waals surface area contributed by atoms with E-state index in [1.54, 1.807) is 0 Å². The normalized spacial score (nSPS) is 11.2. The Morgan fingerprint density at radius 3 is 2.53 bits per heavy atom. The Balaban J connectivity index is 3.12. The zero-order valence-electron chi connectivity index (χ0n) is 7.71. The predicted molar refractivity (Wildman–Crippen MR) is 49.1 cm³/mol. The first kappa shape index (κ1) is 11.6. The highest BCUT2D eigenvalue weighted by Gasteiger charge is 2.32. The molecule has 1 rings (SSSR count). The van der Waals surface area contributed by atoms with E-state index < -0.39 is 6.36 Å². The Hall–Kier alpha value is -1.49. The Morgan fingerprint density at radius 1 is 1.40 bits per heavy atom. The van der Waals surface area contributed by atoms with Crippen LogP contribution < -0.4 is 4.74 Å². The zero-order chi connectivity index (χ0) is 11.5. The number of halogens is 3. The fraction of sp³-hybridized carbons (Fsp3) is 0.200. The number of rotatable bonds is 3. The number of benzene rings is 1. The number of ether oxygens (including phenoxy) is 1. The fourth-order valence-electron chi connectivity index (χ4n) is 1.17. The summed E-state index contributed by atoms with van der Waals surface area (Å²) >= 11 is 0. The highest BCUT2D eigenvalue weighted by molar-refractivity contribution is 5.59. The molecule has 0 aliphatic rings. The summed E-state index contributed by atoms with van der Waals surface area (Å²) in [6.45, 7) is 3.01. The van der Waals surface area contributed by atoms with Crippen molar-refractivity contribution in [2.24, 2.45) is 0 Å². The first-order chi connectivity index (χ1) is 6.98. The second-order valence-corrected chi connectivity index (χ2v) is 2.74. The molecule has 0 saturated heterocycles. The van der Waals surface area contributed by atoms with E-state index in [1.807, 2.05) is 0 Å². The van der Waals surface area contributed by atoms with Gasteiger partial charge < -0.3 is 9.84 Å². The largest absolute Gasteiger partial charge is 0.573 e. The number of aliphatic hydroxyl groups excluding tert-OH is 1. The maximum Gasteiger partial charge on any atom is 0.573 e. The average Bonchev–Trinajstić information content (AvgIpc) is 2.15. The van der Waals surface area contributed by atoms with Crippen LogP contribution in [-0.4, -0.2) is 11.5 Å². The minimum absolute atomic E-state index is 0.150. The van der Waals surface area contributed by atoms with Crippen molar-refractivity contribution in [1.29, 1.82) is 0 Å². The molecule has 1 aromatic rings. The summed E-state index contributed by atoms with van der Waals surface area (Å²) in [5.74, 6) is -0.357. The summed E-state index contributed by atoms with van der Waals surface area (Å²) in [7, 11) is 0. The van der Waals surface area contributed by atoms with Crippen molar-refractivity contribution in [3.8, 4) is 5.75 Å². The van der Waals surface area contributed by atoms with E-state index in [-0.39, 0.29) is 17.9 Å². The molecule has 15 heavy (non-hydrogen) atoms. The Morgan fingerprint density at radius 2 is 2.07 bits per heavy atom. The van der Waals surface area contributed by atoms with Gasteiger partial charge in [-0.25, -0.2) is 0 Å². The van der Waals surface area contributed by atoms with Crippen LogP contribution in [0.15, 0.2) is 24.8 Å². The van der Waals surface area contributed by atoms with Crippen molar-refractivity contribution < 1.29 is 23.0 Å². The van der Waals surface area contributed by atoms with Gasteiger partial charge in [-0.3, -0.25) is 0 Å². The van der Waals surface area contributed by atoms with E-state index in [1.165, 1.54) is 24.3 Å². The Kier molecular flexibility index (Phi) is 3.36. The highest BCUT2D eigenvalue weighted by Crippen LogP contribution is 2.29. The standard InChI is InChI=1S/C10H9F3O2/c1-2-8-7(6-14)4-3-5-9(8)15-10(11,12)13/h2-5,14H,1,6H2. The lowest BCUT2D eigenvalue weighted by atomic mass is 10.1. The van der Waals surface area contributed by atoms with E-state index in [0.29, 0.717) is 5.56 Å². The van der Waals surface area contributed by atoms with E-state index in [4.69, 9.17) is 5.11 Å². The van der Waals surface area contributed by atoms with E-state index in [0.717, 1.165) is 0 Å². The van der Waals surface area contributed by atoms with Gasteiger partial charge in [-0.05, 0) is 11.6 Å². The lowest BCUT2D eigenvalue weighted by Gasteiger charge is -2.13. The van der Waals surface area contributed by atoms with Gasteiger partial charge in [0.1, 0.15) is 5.75 Å². The smallest absolute Gasteiger partial charge is 0.405 e. The first-order valence-electron chi connectivity index (χ1n) is 4.09. The molecule has 0 heterocycles. The molecular weight excluding hydrogens is 209 g/mol. The van der Waals surface area contributed by atoms with Crippen molar-refractivity contribution >= 4 is 6.08 Å². The van der Waals surface area contributed by atoms with Crippen LogP contribution in [0.25, 0.3) is 6.08 Å². The summed E-state index contributed by atoms with van der Waals surface area (Å²) in [5, 5.41) is 8.89. The maximum atomic E-state index is 12.0. The monoisotopic (exact) mass is 218 g/mol. The lowest BCUT2D eigenvalue weighted by Crippen LogP contribution is -2.18. The lowest BCUT2D eigenvalue weighted by molar-refractivity contribution is -0.274. The third-order valence-electron chi connectivity index (χ3n) is 1.76. The van der Waals surface area contributed by atoms with Gasteiger partial charge in [0.15, 0.2) is 0 Å². The van der Waals surface area contributed by atoms with E-state index in [9.17, 15) is 13.2 Å². The van der Waals surface area contributed by atoms with Gasteiger partial charge in [-0.2, -0.15) is 0 Å². The van der Waals surface area contributed by atoms with Crippen LogP contribution in [0.1, 0.15) is 11.1 Å². The van der Waals surface area contributed by atoms with Crippen LogP contribution in [0.5, 0.6) is 5.75 Å². The average molecular weight is 218 g/mol. The summed E-state index contributed by atoms with van der Waals surface area (Å²) in [4.78, 5) is 0. The van der Waals surface area contributed by atoms with Gasteiger partial charge in [-0.15, -0.1) is 13.2 Å². The van der Waals surface area contributed by atoms with Gasteiger partial charge in [0, 0.05) is 5.56 Å². The maximum absolute atomic E-state index is 12.0. The SMILES string of the molecule is C=Cc1c(CO)cccc1OC(F)(F)F. The molecule has 0 bridgehead atoms. The van der Waals surface area contributed by atoms with Crippen molar-refractivity contribution in [2.75, 3.05) is 0 Å². The van der Waals surface area contributed by atoms with Crippen LogP contribution in [-0.2, 0) is 6.61 Å². The van der Waals surface area contributed by atoms with Crippen LogP contribution in [0.3, 0.4) is 0 Å². The van der Waals surface area contributed by atoms with E-state index >= 15 is 0 Å². The zero-order valence-corrected chi connectivity index (χ0v) is 7.71. The van der Waals surface area contributed by atoms with Gasteiger partial charge >= 0.3 is 6.36 Å². The minimum Gasteiger partial charge on any atom is -0.405 e. The predicted octanol–water partition coefficient (Wildman–Crippen LogP) is 2.72. The quantitative estimate of drug-likeness (QED) is 0.845. The Labute approximate surface area is 84.6 Å². The van der Waals surface area contributed by atoms with E-state index in [2.05, 4.69) is 11.3 Å². The third-order valence-corrected chi connectivity index (χ3v) is 1.76. The summed E-state index contributed by atoms with van der Waals surface area (Å²) in [5.41, 5.74) is 0.490. The molecule has 0 unspecified atom stereocenters. The molecule has 0 atom stereocenters. The minimum atomic E-state index is -4.74. The van der Waals surface area contributed by atoms with Crippen LogP contribution in [0.2, 0.25) is 0 Å². The van der Waals surface area contributed by atoms with Crippen molar-refractivity contribution in [1.82, 2.24) is 0 Å². The van der Waals surface area contributed by atoms with Gasteiger partial charge in [-0.1, -0.05) is 24.8 Å². The summed E-state index contributed by atoms with van der Waals surface area (Å²) in [6, 6.07) is 4.05. The molecule has 5 heteroatoms. The van der Waals surface area contributed by atoms with Crippen LogP contribution in [0, 0.1) is 0 Å². The van der Waals surface area contributed by atoms with Crippen LogP contribution in [0.4, 0.5) is 13.2 Å². The Bertz CT molecular complexity index is 358. The molecule has 0 saturated carbocycles. The first-order valence-corrected chi connectivity index (χ1v) is 4.09. The molecule has 0 radical (unpaired) electrons. The number of hydrogen-bond donors (Lipinski definition) is 1. The molecule has 0 amide bonds. The molecule has 0 aromatic heterocycles. The molecule has 0 aliphatic heterocycles. The van der Waals surface area contributed by atoms with Crippen LogP contribution >= 0.6 is 0 Å². The molecule has 0 fully saturated rings. The molecule has 1 N–H and O–H groups in total. The van der Waals surface area contributed by atoms with Gasteiger partial charge in [0.25, 0.3) is 0 Å². The number of aliphatic hydroxyl groups is 1. The van der Waals surface area contributed by atoms with Crippen molar-refractivity contribution in [3.63, 3.8) is 0 Å². The molecular formula is C10H9F3O2. The second-order valence-electron chi connectivity index (χ2n) is 2.74. The molecule has 1 aromatic carbocycles. The van der Waals surface area contributed by atoms with Crippen molar-refractivity contribution in [2.45, 2.75) is 13.0 Å². The number of alkyl halides is 3. The van der Waals surface area contributed by atoms with Gasteiger partial charge in [0.05, 0.1) is 6.61 Å². The molecule has 0 aliphatic carbocycles.